The molecule has 0 spiro atoms. The van der Waals surface area contributed by atoms with Crippen molar-refractivity contribution in [3.63, 3.8) is 0 Å². The highest BCUT2D eigenvalue weighted by atomic mass is 35.5. The van der Waals surface area contributed by atoms with E-state index in [9.17, 15) is 9.90 Å². The van der Waals surface area contributed by atoms with Crippen molar-refractivity contribution in [2.75, 3.05) is 13.1 Å². The summed E-state index contributed by atoms with van der Waals surface area (Å²) in [5.41, 5.74) is 2.58. The van der Waals surface area contributed by atoms with Crippen LogP contribution in [0.5, 0.6) is 5.75 Å². The summed E-state index contributed by atoms with van der Waals surface area (Å²) in [5.74, 6) is 0.0729. The number of piperidine rings is 1. The number of aromatic hydroxyl groups is 1. The average molecular weight is 370 g/mol. The van der Waals surface area contributed by atoms with Gasteiger partial charge in [0, 0.05) is 17.6 Å². The van der Waals surface area contributed by atoms with Gasteiger partial charge in [0.15, 0.2) is 5.43 Å². The largest absolute Gasteiger partial charge is 0.508 e. The van der Waals surface area contributed by atoms with E-state index in [0.29, 0.717) is 16.5 Å². The fraction of sp³-hybridized carbons (Fsp3) is 0.286. The van der Waals surface area contributed by atoms with Crippen molar-refractivity contribution in [3.05, 3.63) is 63.5 Å². The minimum absolute atomic E-state index is 0.0729. The maximum Gasteiger partial charge on any atom is 0.200 e. The topological polar surface area (TPSA) is 53.7 Å². The van der Waals surface area contributed by atoms with E-state index in [2.05, 4.69) is 4.90 Å². The molecular formula is C21H20ClNO3. The number of hydrogen-bond acceptors (Lipinski definition) is 4. The first-order chi connectivity index (χ1) is 12.6. The van der Waals surface area contributed by atoms with Crippen molar-refractivity contribution in [3.8, 4) is 16.9 Å². The summed E-state index contributed by atoms with van der Waals surface area (Å²) in [7, 11) is 0. The van der Waals surface area contributed by atoms with Gasteiger partial charge in [0.25, 0.3) is 0 Å². The molecule has 134 valence electrons. The lowest BCUT2D eigenvalue weighted by Crippen LogP contribution is -2.29. The molecule has 3 aromatic rings. The van der Waals surface area contributed by atoms with Gasteiger partial charge in [-0.15, -0.1) is 0 Å². The normalized spacial score (nSPS) is 15.4. The first kappa shape index (κ1) is 17.1. The number of phenols is 1. The smallest absolute Gasteiger partial charge is 0.200 e. The molecule has 0 bridgehead atoms. The Morgan fingerprint density at radius 2 is 1.88 bits per heavy atom. The number of likely N-dealkylation sites (tertiary alicyclic amines) is 1. The lowest BCUT2D eigenvalue weighted by atomic mass is 10.0. The monoisotopic (exact) mass is 369 g/mol. The standard InChI is InChI=1S/C21H20ClNO3/c22-19-7-4-14(10-15(19)12-23-8-2-1-3-9-23)18-13-26-20-11-16(24)5-6-17(20)21(18)25/h4-7,10-11,13,24H,1-3,8-9,12H2. The summed E-state index contributed by atoms with van der Waals surface area (Å²) in [6.45, 7) is 2.96. The van der Waals surface area contributed by atoms with Crippen LogP contribution in [0.3, 0.4) is 0 Å². The second-order valence-electron chi connectivity index (χ2n) is 6.80. The van der Waals surface area contributed by atoms with Crippen molar-refractivity contribution in [2.24, 2.45) is 0 Å². The van der Waals surface area contributed by atoms with E-state index in [4.69, 9.17) is 16.0 Å². The van der Waals surface area contributed by atoms with Crippen LogP contribution in [0.4, 0.5) is 0 Å². The van der Waals surface area contributed by atoms with Crippen LogP contribution in [0, 0.1) is 0 Å². The van der Waals surface area contributed by atoms with Crippen LogP contribution in [0.2, 0.25) is 5.02 Å². The summed E-state index contributed by atoms with van der Waals surface area (Å²) in [4.78, 5) is 15.2. The molecule has 2 heterocycles. The van der Waals surface area contributed by atoms with Crippen LogP contribution in [0.1, 0.15) is 24.8 Å². The first-order valence-corrected chi connectivity index (χ1v) is 9.25. The van der Waals surface area contributed by atoms with Crippen molar-refractivity contribution in [1.82, 2.24) is 4.90 Å². The number of benzene rings is 2. The van der Waals surface area contributed by atoms with Gasteiger partial charge in [-0.05, 0) is 61.3 Å². The Bertz CT molecular complexity index is 1010. The average Bonchev–Trinajstić information content (AvgIpc) is 2.65. The quantitative estimate of drug-likeness (QED) is 0.720. The van der Waals surface area contributed by atoms with Crippen molar-refractivity contribution in [1.29, 1.82) is 0 Å². The fourth-order valence-electron chi connectivity index (χ4n) is 3.54. The van der Waals surface area contributed by atoms with Crippen molar-refractivity contribution >= 4 is 22.6 Å². The third-order valence-corrected chi connectivity index (χ3v) is 5.33. The maximum atomic E-state index is 12.8. The Morgan fingerprint density at radius 1 is 1.08 bits per heavy atom. The highest BCUT2D eigenvalue weighted by molar-refractivity contribution is 6.31. The molecule has 0 saturated carbocycles. The van der Waals surface area contributed by atoms with Crippen LogP contribution >= 0.6 is 11.6 Å². The van der Waals surface area contributed by atoms with Crippen LogP contribution in [0.25, 0.3) is 22.1 Å². The first-order valence-electron chi connectivity index (χ1n) is 8.87. The highest BCUT2D eigenvalue weighted by Crippen LogP contribution is 2.27. The molecular weight excluding hydrogens is 350 g/mol. The summed E-state index contributed by atoms with van der Waals surface area (Å²) in [6, 6.07) is 10.2. The number of halogens is 1. The van der Waals surface area contributed by atoms with Gasteiger partial charge in [0.05, 0.1) is 10.9 Å². The molecule has 4 rings (SSSR count). The molecule has 0 amide bonds. The Balaban J connectivity index is 1.72. The molecule has 0 unspecified atom stereocenters. The number of fused-ring (bicyclic) bond motifs is 1. The molecule has 1 aromatic heterocycles. The van der Waals surface area contributed by atoms with Gasteiger partial charge in [-0.2, -0.15) is 0 Å². The third kappa shape index (κ3) is 3.35. The molecule has 1 N–H and O–H groups in total. The van der Waals surface area contributed by atoms with Gasteiger partial charge in [0.2, 0.25) is 0 Å². The van der Waals surface area contributed by atoms with E-state index < -0.39 is 0 Å². The number of hydrogen-bond donors (Lipinski definition) is 1. The zero-order valence-corrected chi connectivity index (χ0v) is 15.1. The number of nitrogens with zero attached hydrogens (tertiary/aromatic N) is 1. The number of rotatable bonds is 3. The van der Waals surface area contributed by atoms with Crippen molar-refractivity contribution in [2.45, 2.75) is 25.8 Å². The minimum atomic E-state index is -0.113. The van der Waals surface area contributed by atoms with Gasteiger partial charge in [0.1, 0.15) is 17.6 Å². The molecule has 1 fully saturated rings. The lowest BCUT2D eigenvalue weighted by Gasteiger charge is -2.26. The molecule has 1 saturated heterocycles. The van der Waals surface area contributed by atoms with Crippen LogP contribution in [0.15, 0.2) is 51.9 Å². The Hall–Kier alpha value is -2.30. The van der Waals surface area contributed by atoms with Crippen LogP contribution in [-0.2, 0) is 6.54 Å². The summed E-state index contributed by atoms with van der Waals surface area (Å²) in [6.07, 6.45) is 5.19. The molecule has 26 heavy (non-hydrogen) atoms. The minimum Gasteiger partial charge on any atom is -0.508 e. The maximum absolute atomic E-state index is 12.8. The Kier molecular flexibility index (Phi) is 4.70. The van der Waals surface area contributed by atoms with E-state index in [1.54, 1.807) is 6.07 Å². The van der Waals surface area contributed by atoms with Crippen LogP contribution in [-0.4, -0.2) is 23.1 Å². The Morgan fingerprint density at radius 3 is 2.69 bits per heavy atom. The lowest BCUT2D eigenvalue weighted by molar-refractivity contribution is 0.221. The van der Waals surface area contributed by atoms with Crippen molar-refractivity contribution < 1.29 is 9.52 Å². The van der Waals surface area contributed by atoms with Crippen LogP contribution < -0.4 is 5.43 Å². The molecule has 4 nitrogen and oxygen atoms in total. The van der Waals surface area contributed by atoms with Gasteiger partial charge >= 0.3 is 0 Å². The highest BCUT2D eigenvalue weighted by Gasteiger charge is 2.15. The predicted octanol–water partition coefficient (Wildman–Crippen LogP) is 4.80. The molecule has 2 aromatic carbocycles. The second-order valence-corrected chi connectivity index (χ2v) is 7.21. The van der Waals surface area contributed by atoms with E-state index in [1.807, 2.05) is 18.2 Å². The van der Waals surface area contributed by atoms with Gasteiger partial charge < -0.3 is 9.52 Å². The summed E-state index contributed by atoms with van der Waals surface area (Å²) >= 11 is 6.40. The Labute approximate surface area is 156 Å². The molecule has 0 radical (unpaired) electrons. The second kappa shape index (κ2) is 7.14. The van der Waals surface area contributed by atoms with E-state index >= 15 is 0 Å². The van der Waals surface area contributed by atoms with Gasteiger partial charge in [-0.1, -0.05) is 24.1 Å². The summed E-state index contributed by atoms with van der Waals surface area (Å²) < 4.78 is 5.58. The SMILES string of the molecule is O=c1c(-c2ccc(Cl)c(CN3CCCCC3)c2)coc2cc(O)ccc12. The number of phenolic OH excluding ortho intramolecular Hbond substituents is 1. The third-order valence-electron chi connectivity index (χ3n) is 4.96. The fourth-order valence-corrected chi connectivity index (χ4v) is 3.72. The predicted molar refractivity (Wildman–Crippen MR) is 104 cm³/mol. The van der Waals surface area contributed by atoms with Gasteiger partial charge in [-0.3, -0.25) is 9.69 Å². The van der Waals surface area contributed by atoms with E-state index in [0.717, 1.165) is 35.8 Å². The summed E-state index contributed by atoms with van der Waals surface area (Å²) in [5, 5.41) is 10.7. The zero-order chi connectivity index (χ0) is 18.1. The van der Waals surface area contributed by atoms with E-state index in [-0.39, 0.29) is 11.2 Å². The molecule has 5 heteroatoms. The zero-order valence-electron chi connectivity index (χ0n) is 14.4. The van der Waals surface area contributed by atoms with E-state index in [1.165, 1.54) is 37.7 Å². The molecule has 1 aliphatic heterocycles. The molecule has 0 aliphatic carbocycles. The van der Waals surface area contributed by atoms with Gasteiger partial charge in [-0.25, -0.2) is 0 Å². The molecule has 0 atom stereocenters. The molecule has 1 aliphatic rings.